The van der Waals surface area contributed by atoms with Gasteiger partial charge in [0, 0.05) is 31.8 Å². The first kappa shape index (κ1) is 20.2. The summed E-state index contributed by atoms with van der Waals surface area (Å²) < 4.78 is 5.81. The molecule has 2 rings (SSSR count). The summed E-state index contributed by atoms with van der Waals surface area (Å²) in [6.45, 7) is 9.17. The van der Waals surface area contributed by atoms with Crippen molar-refractivity contribution in [2.75, 3.05) is 25.0 Å². The minimum absolute atomic E-state index is 0.0551. The zero-order chi connectivity index (χ0) is 18.8. The smallest absolute Gasteiger partial charge is 0.224 e. The molecule has 0 bridgehead atoms. The van der Waals surface area contributed by atoms with E-state index < -0.39 is 0 Å². The number of nitrogens with zero attached hydrogens (tertiary/aromatic N) is 1. The first-order chi connectivity index (χ1) is 12.5. The van der Waals surface area contributed by atoms with Crippen LogP contribution in [0.4, 0.5) is 5.69 Å². The van der Waals surface area contributed by atoms with Crippen molar-refractivity contribution in [3.63, 3.8) is 0 Å². The monoisotopic (exact) mass is 360 g/mol. The van der Waals surface area contributed by atoms with Gasteiger partial charge in [0.2, 0.25) is 5.91 Å². The number of guanidine groups is 1. The van der Waals surface area contributed by atoms with Crippen LogP contribution in [0, 0.1) is 0 Å². The normalized spacial score (nSPS) is 20.0. The molecule has 0 aliphatic carbocycles. The second-order valence-electron chi connectivity index (χ2n) is 6.95. The van der Waals surface area contributed by atoms with Crippen LogP contribution in [0.2, 0.25) is 0 Å². The Morgan fingerprint density at radius 1 is 1.23 bits per heavy atom. The van der Waals surface area contributed by atoms with Crippen molar-refractivity contribution in [1.82, 2.24) is 10.6 Å². The molecular weight excluding hydrogens is 328 g/mol. The van der Waals surface area contributed by atoms with Crippen LogP contribution in [-0.4, -0.2) is 37.2 Å². The summed E-state index contributed by atoms with van der Waals surface area (Å²) in [6, 6.07) is 7.84. The molecule has 0 radical (unpaired) electrons. The Balaban J connectivity index is 1.88. The molecule has 0 aromatic heterocycles. The van der Waals surface area contributed by atoms with Crippen molar-refractivity contribution in [3.05, 3.63) is 29.8 Å². The van der Waals surface area contributed by atoms with E-state index in [1.54, 1.807) is 0 Å². The second-order valence-corrected chi connectivity index (χ2v) is 6.95. The molecule has 1 unspecified atom stereocenters. The van der Waals surface area contributed by atoms with Gasteiger partial charge in [-0.05, 0) is 50.8 Å². The molecule has 6 nitrogen and oxygen atoms in total. The molecule has 1 saturated heterocycles. The zero-order valence-electron chi connectivity index (χ0n) is 16.2. The lowest BCUT2D eigenvalue weighted by atomic mass is 10.0. The molecule has 0 spiro atoms. The molecule has 1 amide bonds. The summed E-state index contributed by atoms with van der Waals surface area (Å²) in [4.78, 5) is 16.3. The van der Waals surface area contributed by atoms with E-state index in [4.69, 9.17) is 4.74 Å². The molecular formula is C20H32N4O2. The third kappa shape index (κ3) is 6.67. The van der Waals surface area contributed by atoms with Gasteiger partial charge < -0.3 is 20.7 Å². The average molecular weight is 361 g/mol. The van der Waals surface area contributed by atoms with E-state index in [-0.39, 0.29) is 11.5 Å². The van der Waals surface area contributed by atoms with Gasteiger partial charge in [0.15, 0.2) is 5.96 Å². The molecule has 1 aromatic carbocycles. The standard InChI is InChI=1S/C20H32N4O2/c1-4-7-18(25)24-17-10-8-16(9-11-17)14-22-19(21-5-2)23-15-20(3)12-6-13-26-20/h8-11H,4-7,12-15H2,1-3H3,(H,24,25)(H2,21,22,23). The Morgan fingerprint density at radius 3 is 2.62 bits per heavy atom. The van der Waals surface area contributed by atoms with Crippen molar-refractivity contribution in [3.8, 4) is 0 Å². The van der Waals surface area contributed by atoms with Gasteiger partial charge in [-0.1, -0.05) is 19.1 Å². The van der Waals surface area contributed by atoms with E-state index in [2.05, 4.69) is 34.8 Å². The number of benzene rings is 1. The Labute approximate surface area is 156 Å². The quantitative estimate of drug-likeness (QED) is 0.492. The van der Waals surface area contributed by atoms with Crippen LogP contribution in [0.1, 0.15) is 52.0 Å². The average Bonchev–Trinajstić information content (AvgIpc) is 3.06. The highest BCUT2D eigenvalue weighted by Gasteiger charge is 2.29. The van der Waals surface area contributed by atoms with E-state index >= 15 is 0 Å². The van der Waals surface area contributed by atoms with Crippen LogP contribution in [0.5, 0.6) is 0 Å². The minimum Gasteiger partial charge on any atom is -0.373 e. The van der Waals surface area contributed by atoms with Crippen molar-refractivity contribution in [2.24, 2.45) is 4.99 Å². The maximum absolute atomic E-state index is 11.6. The fourth-order valence-electron chi connectivity index (χ4n) is 2.90. The summed E-state index contributed by atoms with van der Waals surface area (Å²) in [7, 11) is 0. The number of rotatable bonds is 8. The predicted molar refractivity (Wildman–Crippen MR) is 106 cm³/mol. The van der Waals surface area contributed by atoms with E-state index in [1.807, 2.05) is 31.2 Å². The van der Waals surface area contributed by atoms with Crippen LogP contribution in [0.15, 0.2) is 29.3 Å². The number of hydrogen-bond acceptors (Lipinski definition) is 3. The third-order valence-electron chi connectivity index (χ3n) is 4.41. The number of carbonyl (C=O) groups excluding carboxylic acids is 1. The van der Waals surface area contributed by atoms with Crippen molar-refractivity contribution < 1.29 is 9.53 Å². The molecule has 1 aliphatic heterocycles. The molecule has 1 aromatic rings. The molecule has 6 heteroatoms. The maximum Gasteiger partial charge on any atom is 0.224 e. The summed E-state index contributed by atoms with van der Waals surface area (Å²) >= 11 is 0. The largest absolute Gasteiger partial charge is 0.373 e. The molecule has 1 aliphatic rings. The van der Waals surface area contributed by atoms with Gasteiger partial charge in [-0.3, -0.25) is 4.79 Å². The van der Waals surface area contributed by atoms with Crippen molar-refractivity contribution in [2.45, 2.75) is 58.6 Å². The lowest BCUT2D eigenvalue weighted by Crippen LogP contribution is -2.45. The van der Waals surface area contributed by atoms with Crippen LogP contribution < -0.4 is 16.0 Å². The fraction of sp³-hybridized carbons (Fsp3) is 0.600. The lowest BCUT2D eigenvalue weighted by Gasteiger charge is -2.24. The molecule has 26 heavy (non-hydrogen) atoms. The van der Waals surface area contributed by atoms with Crippen LogP contribution >= 0.6 is 0 Å². The fourth-order valence-corrected chi connectivity index (χ4v) is 2.90. The molecule has 144 valence electrons. The summed E-state index contributed by atoms with van der Waals surface area (Å²) in [5, 5.41) is 9.55. The van der Waals surface area contributed by atoms with E-state index in [9.17, 15) is 4.79 Å². The van der Waals surface area contributed by atoms with Crippen LogP contribution in [0.25, 0.3) is 0 Å². The molecule has 1 heterocycles. The molecule has 3 N–H and O–H groups in total. The van der Waals surface area contributed by atoms with Gasteiger partial charge in [0.05, 0.1) is 12.1 Å². The third-order valence-corrected chi connectivity index (χ3v) is 4.41. The van der Waals surface area contributed by atoms with Gasteiger partial charge in [-0.2, -0.15) is 0 Å². The Kier molecular flexibility index (Phi) is 7.91. The number of hydrogen-bond donors (Lipinski definition) is 3. The summed E-state index contributed by atoms with van der Waals surface area (Å²) in [6.07, 6.45) is 3.59. The minimum atomic E-state index is -0.103. The number of ether oxygens (including phenoxy) is 1. The number of carbonyl (C=O) groups is 1. The number of amides is 1. The number of anilines is 1. The summed E-state index contributed by atoms with van der Waals surface area (Å²) in [5.74, 6) is 0.851. The topological polar surface area (TPSA) is 74.8 Å². The first-order valence-corrected chi connectivity index (χ1v) is 9.59. The molecule has 0 saturated carbocycles. The Hall–Kier alpha value is -2.08. The number of aliphatic imine (C=N–C) groups is 1. The highest BCUT2D eigenvalue weighted by atomic mass is 16.5. The summed E-state index contributed by atoms with van der Waals surface area (Å²) in [5.41, 5.74) is 1.82. The van der Waals surface area contributed by atoms with Gasteiger partial charge in [-0.25, -0.2) is 4.99 Å². The van der Waals surface area contributed by atoms with Crippen LogP contribution in [0.3, 0.4) is 0 Å². The van der Waals surface area contributed by atoms with Crippen molar-refractivity contribution >= 4 is 17.6 Å². The van der Waals surface area contributed by atoms with Gasteiger partial charge in [0.1, 0.15) is 0 Å². The van der Waals surface area contributed by atoms with Gasteiger partial charge in [0.25, 0.3) is 0 Å². The van der Waals surface area contributed by atoms with Crippen LogP contribution in [-0.2, 0) is 16.1 Å². The number of nitrogens with one attached hydrogen (secondary N) is 3. The maximum atomic E-state index is 11.6. The second kappa shape index (κ2) is 10.2. The molecule has 1 fully saturated rings. The Morgan fingerprint density at radius 2 is 2.00 bits per heavy atom. The van der Waals surface area contributed by atoms with E-state index in [0.717, 1.165) is 56.2 Å². The lowest BCUT2D eigenvalue weighted by molar-refractivity contribution is -0.116. The highest BCUT2D eigenvalue weighted by molar-refractivity contribution is 5.90. The van der Waals surface area contributed by atoms with Gasteiger partial charge in [-0.15, -0.1) is 0 Å². The zero-order valence-corrected chi connectivity index (χ0v) is 16.2. The van der Waals surface area contributed by atoms with Gasteiger partial charge >= 0.3 is 0 Å². The van der Waals surface area contributed by atoms with E-state index in [1.165, 1.54) is 0 Å². The predicted octanol–water partition coefficient (Wildman–Crippen LogP) is 3.05. The van der Waals surface area contributed by atoms with Crippen molar-refractivity contribution in [1.29, 1.82) is 0 Å². The first-order valence-electron chi connectivity index (χ1n) is 9.59. The molecule has 1 atom stereocenters. The SMILES string of the molecule is CCCC(=O)Nc1ccc(CN=C(NCC)NCC2(C)CCCO2)cc1. The van der Waals surface area contributed by atoms with E-state index in [0.29, 0.717) is 13.0 Å². The highest BCUT2D eigenvalue weighted by Crippen LogP contribution is 2.23. The Bertz CT molecular complexity index is 592.